The molecule has 0 fully saturated rings. The highest BCUT2D eigenvalue weighted by Gasteiger charge is 2.11. The van der Waals surface area contributed by atoms with Crippen molar-refractivity contribution in [1.29, 1.82) is 0 Å². The Balaban J connectivity index is 2.07. The maximum absolute atomic E-state index is 13.9. The molecule has 0 radical (unpaired) electrons. The van der Waals surface area contributed by atoms with Crippen molar-refractivity contribution in [2.24, 2.45) is 10.9 Å². The van der Waals surface area contributed by atoms with Crippen molar-refractivity contribution < 1.29 is 14.4 Å². The second-order valence-electron chi connectivity index (χ2n) is 4.44. The van der Waals surface area contributed by atoms with Gasteiger partial charge in [-0.2, -0.15) is 11.3 Å². The van der Waals surface area contributed by atoms with E-state index < -0.39 is 5.82 Å². The van der Waals surface area contributed by atoms with Crippen molar-refractivity contribution in [2.75, 3.05) is 0 Å². The van der Waals surface area contributed by atoms with E-state index in [2.05, 4.69) is 10.5 Å². The van der Waals surface area contributed by atoms with Gasteiger partial charge in [0.1, 0.15) is 5.82 Å². The van der Waals surface area contributed by atoms with Crippen LogP contribution in [0, 0.1) is 12.7 Å². The van der Waals surface area contributed by atoms with Crippen LogP contribution in [0.5, 0.6) is 0 Å². The lowest BCUT2D eigenvalue weighted by molar-refractivity contribution is 0.0950. The van der Waals surface area contributed by atoms with Gasteiger partial charge in [0, 0.05) is 23.1 Å². The normalized spacial score (nSPS) is 11.4. The monoisotopic (exact) mass is 307 g/mol. The van der Waals surface area contributed by atoms with E-state index in [9.17, 15) is 9.18 Å². The van der Waals surface area contributed by atoms with Crippen LogP contribution >= 0.6 is 11.3 Å². The van der Waals surface area contributed by atoms with E-state index in [-0.39, 0.29) is 23.9 Å². The smallest absolute Gasteiger partial charge is 0.252 e. The van der Waals surface area contributed by atoms with Crippen LogP contribution in [0.3, 0.4) is 0 Å². The highest BCUT2D eigenvalue weighted by Crippen LogP contribution is 2.14. The van der Waals surface area contributed by atoms with Crippen LogP contribution in [0.25, 0.3) is 0 Å². The summed E-state index contributed by atoms with van der Waals surface area (Å²) >= 11 is 1.44. The maximum atomic E-state index is 13.9. The average molecular weight is 307 g/mol. The minimum absolute atomic E-state index is 0.0659. The zero-order valence-electron chi connectivity index (χ0n) is 11.3. The summed E-state index contributed by atoms with van der Waals surface area (Å²) in [7, 11) is 0. The SMILES string of the molecule is Cc1cscc1C(=O)NCc1ccc(C(N)=NO)cc1F. The van der Waals surface area contributed by atoms with Crippen LogP contribution in [-0.2, 0) is 6.54 Å². The molecule has 0 unspecified atom stereocenters. The Morgan fingerprint density at radius 3 is 2.81 bits per heavy atom. The van der Waals surface area contributed by atoms with Gasteiger partial charge in [-0.3, -0.25) is 4.79 Å². The van der Waals surface area contributed by atoms with Gasteiger partial charge in [0.25, 0.3) is 5.91 Å². The van der Waals surface area contributed by atoms with Crippen molar-refractivity contribution in [3.8, 4) is 0 Å². The van der Waals surface area contributed by atoms with Gasteiger partial charge in [0.2, 0.25) is 0 Å². The number of carbonyl (C=O) groups is 1. The number of hydrogen-bond donors (Lipinski definition) is 3. The van der Waals surface area contributed by atoms with E-state index in [1.165, 1.54) is 23.5 Å². The molecule has 1 amide bonds. The number of nitrogens with one attached hydrogen (secondary N) is 1. The minimum Gasteiger partial charge on any atom is -0.409 e. The number of nitrogens with two attached hydrogens (primary N) is 1. The molecule has 4 N–H and O–H groups in total. The fourth-order valence-corrected chi connectivity index (χ4v) is 2.60. The Bertz CT molecular complexity index is 697. The summed E-state index contributed by atoms with van der Waals surface area (Å²) < 4.78 is 13.9. The predicted molar refractivity (Wildman–Crippen MR) is 79.1 cm³/mol. The minimum atomic E-state index is -0.526. The molecular weight excluding hydrogens is 293 g/mol. The second kappa shape index (κ2) is 6.36. The van der Waals surface area contributed by atoms with Crippen LogP contribution in [0.1, 0.15) is 27.0 Å². The van der Waals surface area contributed by atoms with Crippen molar-refractivity contribution >= 4 is 23.1 Å². The van der Waals surface area contributed by atoms with E-state index in [4.69, 9.17) is 10.9 Å². The standard InChI is InChI=1S/C14H14FN3O2S/c1-8-6-21-7-11(8)14(19)17-5-10-3-2-9(4-12(10)15)13(16)18-20/h2-4,6-7,20H,5H2,1H3,(H2,16,18)(H,17,19). The average Bonchev–Trinajstić information content (AvgIpc) is 2.91. The molecule has 5 nitrogen and oxygen atoms in total. The van der Waals surface area contributed by atoms with Crippen LogP contribution < -0.4 is 11.1 Å². The number of hydrogen-bond acceptors (Lipinski definition) is 4. The van der Waals surface area contributed by atoms with Crippen LogP contribution in [0.15, 0.2) is 34.1 Å². The number of thiophene rings is 1. The third-order valence-corrected chi connectivity index (χ3v) is 3.86. The first-order chi connectivity index (χ1) is 10.0. The Kier molecular flexibility index (Phi) is 4.54. The largest absolute Gasteiger partial charge is 0.409 e. The molecule has 1 aromatic heterocycles. The fraction of sp³-hybridized carbons (Fsp3) is 0.143. The molecule has 0 aliphatic carbocycles. The number of aryl methyl sites for hydroxylation is 1. The maximum Gasteiger partial charge on any atom is 0.252 e. The Labute approximate surface area is 124 Å². The lowest BCUT2D eigenvalue weighted by Crippen LogP contribution is -2.23. The van der Waals surface area contributed by atoms with Gasteiger partial charge in [-0.15, -0.1) is 0 Å². The fourth-order valence-electron chi connectivity index (χ4n) is 1.77. The number of amides is 1. The van der Waals surface area contributed by atoms with Crippen molar-refractivity contribution in [2.45, 2.75) is 13.5 Å². The number of oxime groups is 1. The molecule has 2 rings (SSSR count). The molecular formula is C14H14FN3O2S. The van der Waals surface area contributed by atoms with Crippen molar-refractivity contribution in [3.63, 3.8) is 0 Å². The zero-order chi connectivity index (χ0) is 15.4. The molecule has 0 saturated heterocycles. The Hall–Kier alpha value is -2.41. The highest BCUT2D eigenvalue weighted by molar-refractivity contribution is 7.08. The van der Waals surface area contributed by atoms with E-state index in [0.29, 0.717) is 11.1 Å². The van der Waals surface area contributed by atoms with Crippen LogP contribution in [-0.4, -0.2) is 17.0 Å². The first-order valence-electron chi connectivity index (χ1n) is 6.10. The summed E-state index contributed by atoms with van der Waals surface area (Å²) in [5.41, 5.74) is 7.46. The Morgan fingerprint density at radius 2 is 2.24 bits per heavy atom. The molecule has 0 aliphatic heterocycles. The summed E-state index contributed by atoms with van der Waals surface area (Å²) in [6.45, 7) is 1.91. The van der Waals surface area contributed by atoms with Crippen LogP contribution in [0.4, 0.5) is 4.39 Å². The van der Waals surface area contributed by atoms with Crippen LogP contribution in [0.2, 0.25) is 0 Å². The molecule has 1 aromatic carbocycles. The molecule has 7 heteroatoms. The quantitative estimate of drug-likeness (QED) is 0.350. The highest BCUT2D eigenvalue weighted by atomic mass is 32.1. The van der Waals surface area contributed by atoms with Gasteiger partial charge in [0.15, 0.2) is 5.84 Å². The van der Waals surface area contributed by atoms with Crippen molar-refractivity contribution in [1.82, 2.24) is 5.32 Å². The van der Waals surface area contributed by atoms with E-state index in [1.54, 1.807) is 5.38 Å². The first-order valence-corrected chi connectivity index (χ1v) is 7.04. The van der Waals surface area contributed by atoms with E-state index in [1.807, 2.05) is 12.3 Å². The molecule has 1 heterocycles. The summed E-state index contributed by atoms with van der Waals surface area (Å²) in [6, 6.07) is 4.17. The van der Waals surface area contributed by atoms with Gasteiger partial charge < -0.3 is 16.3 Å². The number of benzene rings is 1. The Morgan fingerprint density at radius 1 is 1.48 bits per heavy atom. The third kappa shape index (κ3) is 3.38. The number of carbonyl (C=O) groups excluding carboxylic acids is 1. The molecule has 0 aliphatic rings. The molecule has 0 atom stereocenters. The van der Waals surface area contributed by atoms with E-state index in [0.717, 1.165) is 11.6 Å². The third-order valence-electron chi connectivity index (χ3n) is 3.00. The van der Waals surface area contributed by atoms with Gasteiger partial charge in [-0.05, 0) is 23.9 Å². The molecule has 0 saturated carbocycles. The lowest BCUT2D eigenvalue weighted by Gasteiger charge is -2.07. The molecule has 21 heavy (non-hydrogen) atoms. The zero-order valence-corrected chi connectivity index (χ0v) is 12.1. The number of amidine groups is 1. The summed E-state index contributed by atoms with van der Waals surface area (Å²) in [5, 5.41) is 17.6. The summed E-state index contributed by atoms with van der Waals surface area (Å²) in [5.74, 6) is -0.937. The molecule has 110 valence electrons. The number of halogens is 1. The number of rotatable bonds is 4. The van der Waals surface area contributed by atoms with Gasteiger partial charge in [0.05, 0.1) is 5.56 Å². The first kappa shape index (κ1) is 15.0. The lowest BCUT2D eigenvalue weighted by atomic mass is 10.1. The molecule has 2 aromatic rings. The van der Waals surface area contributed by atoms with Gasteiger partial charge in [-0.1, -0.05) is 17.3 Å². The second-order valence-corrected chi connectivity index (χ2v) is 5.19. The topological polar surface area (TPSA) is 87.7 Å². The number of nitrogens with zero attached hydrogens (tertiary/aromatic N) is 1. The molecule has 0 bridgehead atoms. The van der Waals surface area contributed by atoms with Gasteiger partial charge in [-0.25, -0.2) is 4.39 Å². The van der Waals surface area contributed by atoms with Gasteiger partial charge >= 0.3 is 0 Å². The van der Waals surface area contributed by atoms with E-state index >= 15 is 0 Å². The summed E-state index contributed by atoms with van der Waals surface area (Å²) in [4.78, 5) is 11.9. The van der Waals surface area contributed by atoms with Crippen molar-refractivity contribution in [3.05, 3.63) is 57.0 Å². The molecule has 0 spiro atoms. The summed E-state index contributed by atoms with van der Waals surface area (Å²) in [6.07, 6.45) is 0. The predicted octanol–water partition coefficient (Wildman–Crippen LogP) is 2.22.